The Balaban J connectivity index is 2.19. The van der Waals surface area contributed by atoms with E-state index in [1.807, 2.05) is 31.2 Å². The van der Waals surface area contributed by atoms with Gasteiger partial charge >= 0.3 is 0 Å². The third kappa shape index (κ3) is 5.76. The summed E-state index contributed by atoms with van der Waals surface area (Å²) in [4.78, 5) is 11.6. The Kier molecular flexibility index (Phi) is 7.00. The number of hydrogen-bond acceptors (Lipinski definition) is 3. The van der Waals surface area contributed by atoms with E-state index in [0.717, 1.165) is 29.3 Å². The molecule has 0 unspecified atom stereocenters. The van der Waals surface area contributed by atoms with Crippen LogP contribution in [-0.4, -0.2) is 30.5 Å². The molecule has 1 rings (SSSR count). The molecule has 96 valence electrons. The monoisotopic (exact) mass is 262 g/mol. The first-order valence-corrected chi connectivity index (χ1v) is 6.97. The van der Waals surface area contributed by atoms with Crippen molar-refractivity contribution in [2.45, 2.75) is 6.92 Å². The Bertz CT molecular complexity index is 426. The average Bonchev–Trinajstić information content (AvgIpc) is 2.36. The van der Waals surface area contributed by atoms with Crippen LogP contribution in [0.25, 0.3) is 0 Å². The summed E-state index contributed by atoms with van der Waals surface area (Å²) in [6.07, 6.45) is 5.14. The normalized spacial score (nSPS) is 9.78. The lowest BCUT2D eigenvalue weighted by Crippen LogP contribution is -2.29. The Morgan fingerprint density at radius 3 is 2.94 bits per heavy atom. The number of thioether (sulfide) groups is 1. The first kappa shape index (κ1) is 14.6. The van der Waals surface area contributed by atoms with Crippen molar-refractivity contribution < 1.29 is 4.79 Å². The first-order chi connectivity index (χ1) is 8.74. The standard InChI is InChI=1S/C14H18N2OS/c1-3-9-18-10-8-15-11-14(17)16-13-7-5-4-6-12(13)2/h1,4-7,15H,8-11H2,2H3,(H,16,17). The number of para-hydroxylation sites is 1. The van der Waals surface area contributed by atoms with Crippen molar-refractivity contribution in [3.63, 3.8) is 0 Å². The van der Waals surface area contributed by atoms with Crippen molar-refractivity contribution >= 4 is 23.4 Å². The molecule has 1 aromatic carbocycles. The number of benzene rings is 1. The van der Waals surface area contributed by atoms with E-state index in [0.29, 0.717) is 6.54 Å². The number of hydrogen-bond donors (Lipinski definition) is 2. The van der Waals surface area contributed by atoms with Crippen molar-refractivity contribution in [2.75, 3.05) is 29.9 Å². The average molecular weight is 262 g/mol. The summed E-state index contributed by atoms with van der Waals surface area (Å²) >= 11 is 1.68. The van der Waals surface area contributed by atoms with E-state index in [9.17, 15) is 4.79 Å². The van der Waals surface area contributed by atoms with E-state index in [1.165, 1.54) is 0 Å². The molecule has 18 heavy (non-hydrogen) atoms. The lowest BCUT2D eigenvalue weighted by atomic mass is 10.2. The number of rotatable bonds is 7. The number of nitrogens with one attached hydrogen (secondary N) is 2. The van der Waals surface area contributed by atoms with Crippen LogP contribution in [-0.2, 0) is 4.79 Å². The van der Waals surface area contributed by atoms with Gasteiger partial charge in [0.15, 0.2) is 0 Å². The molecule has 0 aliphatic rings. The molecule has 0 fully saturated rings. The molecule has 0 saturated heterocycles. The molecule has 1 amide bonds. The predicted molar refractivity (Wildman–Crippen MR) is 78.8 cm³/mol. The van der Waals surface area contributed by atoms with Gasteiger partial charge in [0, 0.05) is 18.0 Å². The van der Waals surface area contributed by atoms with Gasteiger partial charge < -0.3 is 10.6 Å². The van der Waals surface area contributed by atoms with Gasteiger partial charge in [-0.1, -0.05) is 24.1 Å². The lowest BCUT2D eigenvalue weighted by Gasteiger charge is -2.08. The van der Waals surface area contributed by atoms with Crippen molar-refractivity contribution in [3.05, 3.63) is 29.8 Å². The predicted octanol–water partition coefficient (Wildman–Crippen LogP) is 1.89. The summed E-state index contributed by atoms with van der Waals surface area (Å²) in [5.74, 6) is 4.18. The Hall–Kier alpha value is -1.44. The van der Waals surface area contributed by atoms with Crippen LogP contribution < -0.4 is 10.6 Å². The molecule has 2 N–H and O–H groups in total. The zero-order chi connectivity index (χ0) is 13.2. The second-order valence-corrected chi connectivity index (χ2v) is 4.90. The number of terminal acetylenes is 1. The summed E-state index contributed by atoms with van der Waals surface area (Å²) in [6, 6.07) is 7.73. The van der Waals surface area contributed by atoms with Gasteiger partial charge in [0.2, 0.25) is 5.91 Å². The van der Waals surface area contributed by atoms with Crippen LogP contribution in [0.3, 0.4) is 0 Å². The SMILES string of the molecule is C#CCSCCNCC(=O)Nc1ccccc1C. The van der Waals surface area contributed by atoms with Crippen LogP contribution in [0.1, 0.15) is 5.56 Å². The van der Waals surface area contributed by atoms with Crippen molar-refractivity contribution in [1.82, 2.24) is 5.32 Å². The highest BCUT2D eigenvalue weighted by Gasteiger charge is 2.02. The molecule has 0 heterocycles. The molecular formula is C14H18N2OS. The number of carbonyl (C=O) groups is 1. The van der Waals surface area contributed by atoms with Crippen LogP contribution in [0.2, 0.25) is 0 Å². The molecular weight excluding hydrogens is 244 g/mol. The fraction of sp³-hybridized carbons (Fsp3) is 0.357. The number of aryl methyl sites for hydroxylation is 1. The molecule has 0 radical (unpaired) electrons. The van der Waals surface area contributed by atoms with E-state index in [1.54, 1.807) is 11.8 Å². The first-order valence-electron chi connectivity index (χ1n) is 5.81. The van der Waals surface area contributed by atoms with Crippen LogP contribution >= 0.6 is 11.8 Å². The second-order valence-electron chi connectivity index (χ2n) is 3.80. The van der Waals surface area contributed by atoms with Gasteiger partial charge in [0.1, 0.15) is 0 Å². The van der Waals surface area contributed by atoms with Crippen LogP contribution in [0, 0.1) is 19.3 Å². The lowest BCUT2D eigenvalue weighted by molar-refractivity contribution is -0.115. The molecule has 4 heteroatoms. The molecule has 0 bridgehead atoms. The van der Waals surface area contributed by atoms with E-state index >= 15 is 0 Å². The fourth-order valence-corrected chi connectivity index (χ4v) is 1.94. The highest BCUT2D eigenvalue weighted by molar-refractivity contribution is 7.99. The van der Waals surface area contributed by atoms with Gasteiger partial charge in [0.25, 0.3) is 0 Å². The number of carbonyl (C=O) groups excluding carboxylic acids is 1. The van der Waals surface area contributed by atoms with Gasteiger partial charge in [-0.3, -0.25) is 4.79 Å². The summed E-state index contributed by atoms with van der Waals surface area (Å²) in [5, 5.41) is 5.95. The number of anilines is 1. The van der Waals surface area contributed by atoms with Crippen molar-refractivity contribution in [2.24, 2.45) is 0 Å². The highest BCUT2D eigenvalue weighted by Crippen LogP contribution is 2.12. The molecule has 0 atom stereocenters. The van der Waals surface area contributed by atoms with Gasteiger partial charge in [-0.2, -0.15) is 0 Å². The minimum absolute atomic E-state index is 0.0220. The second kappa shape index (κ2) is 8.62. The maximum absolute atomic E-state index is 11.6. The van der Waals surface area contributed by atoms with Gasteiger partial charge in [0.05, 0.1) is 12.3 Å². The van der Waals surface area contributed by atoms with Crippen LogP contribution in [0.4, 0.5) is 5.69 Å². The maximum Gasteiger partial charge on any atom is 0.238 e. The zero-order valence-corrected chi connectivity index (χ0v) is 11.3. The summed E-state index contributed by atoms with van der Waals surface area (Å²) < 4.78 is 0. The smallest absolute Gasteiger partial charge is 0.238 e. The molecule has 0 aliphatic heterocycles. The molecule has 0 saturated carbocycles. The third-order valence-corrected chi connectivity index (χ3v) is 3.18. The number of amides is 1. The van der Waals surface area contributed by atoms with E-state index in [2.05, 4.69) is 16.6 Å². The van der Waals surface area contributed by atoms with Crippen LogP contribution in [0.5, 0.6) is 0 Å². The summed E-state index contributed by atoms with van der Waals surface area (Å²) in [6.45, 7) is 3.08. The Labute approximate surface area is 113 Å². The van der Waals surface area contributed by atoms with Crippen LogP contribution in [0.15, 0.2) is 24.3 Å². The largest absolute Gasteiger partial charge is 0.325 e. The molecule has 1 aromatic rings. The van der Waals surface area contributed by atoms with Gasteiger partial charge in [-0.25, -0.2) is 0 Å². The van der Waals surface area contributed by atoms with Gasteiger partial charge in [-0.05, 0) is 18.6 Å². The molecule has 3 nitrogen and oxygen atoms in total. The van der Waals surface area contributed by atoms with Crippen molar-refractivity contribution in [1.29, 1.82) is 0 Å². The van der Waals surface area contributed by atoms with E-state index in [4.69, 9.17) is 6.42 Å². The molecule has 0 aromatic heterocycles. The fourth-order valence-electron chi connectivity index (χ4n) is 1.38. The minimum atomic E-state index is -0.0220. The summed E-state index contributed by atoms with van der Waals surface area (Å²) in [5.41, 5.74) is 1.93. The van der Waals surface area contributed by atoms with E-state index < -0.39 is 0 Å². The topological polar surface area (TPSA) is 41.1 Å². The quantitative estimate of drug-likeness (QED) is 0.582. The summed E-state index contributed by atoms with van der Waals surface area (Å²) in [7, 11) is 0. The van der Waals surface area contributed by atoms with E-state index in [-0.39, 0.29) is 5.91 Å². The maximum atomic E-state index is 11.6. The van der Waals surface area contributed by atoms with Gasteiger partial charge in [-0.15, -0.1) is 18.2 Å². The highest BCUT2D eigenvalue weighted by atomic mass is 32.2. The molecule has 0 aliphatic carbocycles. The third-order valence-electron chi connectivity index (χ3n) is 2.31. The minimum Gasteiger partial charge on any atom is -0.325 e. The zero-order valence-electron chi connectivity index (χ0n) is 10.5. The Morgan fingerprint density at radius 2 is 2.22 bits per heavy atom. The molecule has 0 spiro atoms. The Morgan fingerprint density at radius 1 is 1.44 bits per heavy atom. The van der Waals surface area contributed by atoms with Crippen molar-refractivity contribution in [3.8, 4) is 12.3 Å².